The van der Waals surface area contributed by atoms with E-state index in [0.29, 0.717) is 0 Å². The minimum Gasteiger partial charge on any atom is -0.398 e. The highest BCUT2D eigenvalue weighted by Crippen LogP contribution is 2.57. The summed E-state index contributed by atoms with van der Waals surface area (Å²) in [6.45, 7) is 8.03. The Labute approximate surface area is 199 Å². The topological polar surface area (TPSA) is 95.2 Å². The molecule has 0 radical (unpaired) electrons. The van der Waals surface area contributed by atoms with Crippen LogP contribution >= 0.6 is 0 Å². The number of benzene rings is 4. The molecule has 0 aromatic heterocycles. The summed E-state index contributed by atoms with van der Waals surface area (Å²) in [5.41, 5.74) is 23.6. The Balaban J connectivity index is 2.02. The minimum atomic E-state index is -0.746. The molecule has 5 nitrogen and oxygen atoms in total. The van der Waals surface area contributed by atoms with E-state index in [9.17, 15) is 10.1 Å². The lowest BCUT2D eigenvalue weighted by molar-refractivity contribution is -0.384. The van der Waals surface area contributed by atoms with Crippen LogP contribution in [0, 0.1) is 37.8 Å². The van der Waals surface area contributed by atoms with Crippen LogP contribution in [0.5, 0.6) is 0 Å². The van der Waals surface area contributed by atoms with E-state index in [4.69, 9.17) is 11.5 Å². The maximum absolute atomic E-state index is 11.8. The van der Waals surface area contributed by atoms with Crippen molar-refractivity contribution in [3.63, 3.8) is 0 Å². The molecule has 4 aromatic carbocycles. The van der Waals surface area contributed by atoms with E-state index >= 15 is 0 Å². The third-order valence-corrected chi connectivity index (χ3v) is 7.29. The highest BCUT2D eigenvalue weighted by molar-refractivity contribution is 5.87. The van der Waals surface area contributed by atoms with Crippen LogP contribution in [-0.4, -0.2) is 4.92 Å². The third-order valence-electron chi connectivity index (χ3n) is 7.29. The molecule has 170 valence electrons. The quantitative estimate of drug-likeness (QED) is 0.190. The number of nitrogen functional groups attached to an aromatic ring is 2. The molecule has 0 atom stereocenters. The molecule has 5 rings (SSSR count). The average Bonchev–Trinajstić information content (AvgIpc) is 3.11. The van der Waals surface area contributed by atoms with Crippen molar-refractivity contribution in [2.24, 2.45) is 0 Å². The first-order valence-electron chi connectivity index (χ1n) is 11.3. The van der Waals surface area contributed by atoms with E-state index in [1.54, 1.807) is 12.1 Å². The number of nitro groups is 1. The van der Waals surface area contributed by atoms with Gasteiger partial charge in [-0.25, -0.2) is 0 Å². The number of anilines is 2. The van der Waals surface area contributed by atoms with Gasteiger partial charge >= 0.3 is 0 Å². The molecule has 1 aliphatic rings. The highest BCUT2D eigenvalue weighted by atomic mass is 16.6. The first kappa shape index (κ1) is 21.7. The van der Waals surface area contributed by atoms with Gasteiger partial charge in [-0.2, -0.15) is 0 Å². The van der Waals surface area contributed by atoms with Gasteiger partial charge in [-0.3, -0.25) is 10.1 Å². The molecule has 34 heavy (non-hydrogen) atoms. The molecular formula is C29H27N3O2. The monoisotopic (exact) mass is 449 g/mol. The minimum absolute atomic E-state index is 0.0729. The standard InChI is InChI=1S/C29H27N3O2/c1-16-11-20(12-17(2)27(16)30)29(21-13-18(3)28(31)19(4)14-21)25-8-6-5-7-23(25)24-10-9-22(32(33)34)15-26(24)29/h5-15H,30-31H2,1-4H3. The van der Waals surface area contributed by atoms with Crippen LogP contribution in [-0.2, 0) is 5.41 Å². The largest absolute Gasteiger partial charge is 0.398 e. The maximum Gasteiger partial charge on any atom is 0.269 e. The zero-order valence-corrected chi connectivity index (χ0v) is 19.8. The first-order chi connectivity index (χ1) is 16.2. The van der Waals surface area contributed by atoms with Crippen LogP contribution in [0.2, 0.25) is 0 Å². The lowest BCUT2D eigenvalue weighted by Crippen LogP contribution is -2.29. The molecule has 0 spiro atoms. The Kier molecular flexibility index (Phi) is 4.76. The molecule has 0 amide bonds. The fourth-order valence-corrected chi connectivity index (χ4v) is 5.55. The summed E-state index contributed by atoms with van der Waals surface area (Å²) in [5, 5.41) is 11.8. The van der Waals surface area contributed by atoms with E-state index < -0.39 is 5.41 Å². The fourth-order valence-electron chi connectivity index (χ4n) is 5.55. The second-order valence-corrected chi connectivity index (χ2v) is 9.33. The Morgan fingerprint density at radius 1 is 0.676 bits per heavy atom. The van der Waals surface area contributed by atoms with Crippen molar-refractivity contribution in [1.82, 2.24) is 0 Å². The van der Waals surface area contributed by atoms with E-state index in [-0.39, 0.29) is 10.6 Å². The molecule has 0 heterocycles. The van der Waals surface area contributed by atoms with E-state index in [2.05, 4.69) is 36.4 Å². The molecule has 0 saturated heterocycles. The Hall–Kier alpha value is -4.12. The summed E-state index contributed by atoms with van der Waals surface area (Å²) in [6, 6.07) is 21.9. The fraction of sp³-hybridized carbons (Fsp3) is 0.172. The van der Waals surface area contributed by atoms with Gasteiger partial charge in [0.15, 0.2) is 0 Å². The van der Waals surface area contributed by atoms with Crippen molar-refractivity contribution in [3.05, 3.63) is 121 Å². The van der Waals surface area contributed by atoms with E-state index in [1.807, 2.05) is 45.9 Å². The third kappa shape index (κ3) is 2.86. The molecule has 0 saturated carbocycles. The molecule has 4 N–H and O–H groups in total. The molecular weight excluding hydrogens is 422 g/mol. The number of fused-ring (bicyclic) bond motifs is 3. The second-order valence-electron chi connectivity index (χ2n) is 9.33. The van der Waals surface area contributed by atoms with Crippen LogP contribution in [0.3, 0.4) is 0 Å². The Morgan fingerprint density at radius 3 is 1.65 bits per heavy atom. The summed E-state index contributed by atoms with van der Waals surface area (Å²) < 4.78 is 0. The van der Waals surface area contributed by atoms with Crippen LogP contribution in [0.4, 0.5) is 17.1 Å². The number of nitro benzene ring substituents is 1. The summed E-state index contributed by atoms with van der Waals surface area (Å²) >= 11 is 0. The number of non-ortho nitro benzene ring substituents is 1. The number of nitrogens with two attached hydrogens (primary N) is 2. The van der Waals surface area contributed by atoms with Crippen molar-refractivity contribution in [2.75, 3.05) is 11.5 Å². The smallest absolute Gasteiger partial charge is 0.269 e. The van der Waals surface area contributed by atoms with Gasteiger partial charge in [0.05, 0.1) is 10.3 Å². The number of hydrogen-bond acceptors (Lipinski definition) is 4. The van der Waals surface area contributed by atoms with Gasteiger partial charge in [0, 0.05) is 23.5 Å². The normalized spacial score (nSPS) is 13.4. The average molecular weight is 450 g/mol. The van der Waals surface area contributed by atoms with Gasteiger partial charge in [0.2, 0.25) is 0 Å². The van der Waals surface area contributed by atoms with Gasteiger partial charge < -0.3 is 11.5 Å². The first-order valence-corrected chi connectivity index (χ1v) is 11.3. The number of hydrogen-bond donors (Lipinski definition) is 2. The summed E-state index contributed by atoms with van der Waals surface area (Å²) in [4.78, 5) is 11.5. The lowest BCUT2D eigenvalue weighted by Gasteiger charge is -2.35. The van der Waals surface area contributed by atoms with Crippen molar-refractivity contribution in [3.8, 4) is 11.1 Å². The van der Waals surface area contributed by atoms with E-state index in [0.717, 1.165) is 67.0 Å². The highest BCUT2D eigenvalue weighted by Gasteiger charge is 2.47. The molecule has 5 heteroatoms. The van der Waals surface area contributed by atoms with Gasteiger partial charge in [-0.05, 0) is 89.4 Å². The van der Waals surface area contributed by atoms with Gasteiger partial charge in [-0.1, -0.05) is 48.5 Å². The predicted molar refractivity (Wildman–Crippen MR) is 138 cm³/mol. The van der Waals surface area contributed by atoms with Gasteiger partial charge in [-0.15, -0.1) is 0 Å². The zero-order valence-electron chi connectivity index (χ0n) is 19.8. The predicted octanol–water partition coefficient (Wildman–Crippen LogP) is 6.36. The summed E-state index contributed by atoms with van der Waals surface area (Å²) in [6.07, 6.45) is 0. The maximum atomic E-state index is 11.8. The van der Waals surface area contributed by atoms with Crippen LogP contribution < -0.4 is 11.5 Å². The molecule has 1 aliphatic carbocycles. The Morgan fingerprint density at radius 2 is 1.15 bits per heavy atom. The van der Waals surface area contributed by atoms with Gasteiger partial charge in [0.25, 0.3) is 5.69 Å². The van der Waals surface area contributed by atoms with Crippen molar-refractivity contribution >= 4 is 17.1 Å². The van der Waals surface area contributed by atoms with E-state index in [1.165, 1.54) is 0 Å². The summed E-state index contributed by atoms with van der Waals surface area (Å²) in [7, 11) is 0. The van der Waals surface area contributed by atoms with Gasteiger partial charge in [0.1, 0.15) is 0 Å². The van der Waals surface area contributed by atoms with Crippen LogP contribution in [0.1, 0.15) is 44.5 Å². The Bertz CT molecular complexity index is 1400. The number of rotatable bonds is 3. The van der Waals surface area contributed by atoms with Crippen molar-refractivity contribution in [1.29, 1.82) is 0 Å². The molecule has 0 aliphatic heterocycles. The number of nitrogens with zero attached hydrogens (tertiary/aromatic N) is 1. The zero-order chi connectivity index (χ0) is 24.4. The van der Waals surface area contributed by atoms with Crippen molar-refractivity contribution in [2.45, 2.75) is 33.1 Å². The van der Waals surface area contributed by atoms with Crippen molar-refractivity contribution < 1.29 is 4.92 Å². The second kappa shape index (κ2) is 7.45. The summed E-state index contributed by atoms with van der Waals surface area (Å²) in [5.74, 6) is 0. The lowest BCUT2D eigenvalue weighted by atomic mass is 9.66. The number of aryl methyl sites for hydroxylation is 4. The van der Waals surface area contributed by atoms with Crippen LogP contribution in [0.15, 0.2) is 66.7 Å². The van der Waals surface area contributed by atoms with Crippen LogP contribution in [0.25, 0.3) is 11.1 Å². The molecule has 0 bridgehead atoms. The molecule has 4 aromatic rings. The molecule has 0 unspecified atom stereocenters. The SMILES string of the molecule is Cc1cc(C2(c3cc(C)c(N)c(C)c3)c3ccccc3-c3ccc([N+](=O)[O-])cc32)cc(C)c1N. The molecule has 0 fully saturated rings.